The molecule has 2 atom stereocenters. The molecule has 1 aromatic heterocycles. The van der Waals surface area contributed by atoms with E-state index in [-0.39, 0.29) is 25.0 Å². The summed E-state index contributed by atoms with van der Waals surface area (Å²) in [5.41, 5.74) is 3.13. The van der Waals surface area contributed by atoms with Gasteiger partial charge in [0, 0.05) is 36.5 Å². The lowest BCUT2D eigenvalue weighted by Crippen LogP contribution is -2.38. The minimum absolute atomic E-state index is 0.0272. The summed E-state index contributed by atoms with van der Waals surface area (Å²) < 4.78 is 26.0. The molecule has 0 amide bonds. The van der Waals surface area contributed by atoms with Crippen molar-refractivity contribution in [1.29, 1.82) is 0 Å². The lowest BCUT2D eigenvalue weighted by atomic mass is 9.91. The third-order valence-corrected chi connectivity index (χ3v) is 8.08. The second kappa shape index (κ2) is 10.3. The monoisotopic (exact) mass is 545 g/mol. The predicted molar refractivity (Wildman–Crippen MR) is 144 cm³/mol. The second-order valence-electron chi connectivity index (χ2n) is 10.3. The van der Waals surface area contributed by atoms with Crippen LogP contribution in [0.1, 0.15) is 49.5 Å². The number of halogens is 3. The first-order valence-corrected chi connectivity index (χ1v) is 13.2. The van der Waals surface area contributed by atoms with Crippen molar-refractivity contribution in [1.82, 2.24) is 15.1 Å². The van der Waals surface area contributed by atoms with Crippen molar-refractivity contribution < 1.29 is 18.7 Å². The minimum Gasteiger partial charge on any atom is -0.485 e. The zero-order valence-electron chi connectivity index (χ0n) is 21.1. The summed E-state index contributed by atoms with van der Waals surface area (Å²) in [7, 11) is 1.22. The molecule has 0 spiro atoms. The Balaban J connectivity index is 1.33. The van der Waals surface area contributed by atoms with Gasteiger partial charge in [0.05, 0.1) is 12.6 Å². The molecule has 2 unspecified atom stereocenters. The molecular weight excluding hydrogens is 516 g/mol. The Hall–Kier alpha value is -2.61. The summed E-state index contributed by atoms with van der Waals surface area (Å²) in [4.78, 5) is 13.8. The van der Waals surface area contributed by atoms with Crippen LogP contribution in [0.3, 0.4) is 0 Å². The zero-order chi connectivity index (χ0) is 26.3. The molecule has 2 heterocycles. The number of fused-ring (bicyclic) bond motifs is 2. The average Bonchev–Trinajstić information content (AvgIpc) is 3.46. The molecule has 1 aliphatic carbocycles. The highest BCUT2D eigenvalue weighted by Crippen LogP contribution is 2.39. The van der Waals surface area contributed by atoms with Crippen molar-refractivity contribution >= 4 is 45.1 Å². The van der Waals surface area contributed by atoms with Crippen LogP contribution in [0.15, 0.2) is 42.0 Å². The molecular formula is C28H30Cl2FN3O3. The highest BCUT2D eigenvalue weighted by molar-refractivity contribution is 6.49. The van der Waals surface area contributed by atoms with E-state index in [9.17, 15) is 9.18 Å². The van der Waals surface area contributed by atoms with E-state index in [2.05, 4.69) is 34.8 Å². The largest absolute Gasteiger partial charge is 0.485 e. The van der Waals surface area contributed by atoms with Gasteiger partial charge in [-0.3, -0.25) is 10.00 Å². The molecule has 0 radical (unpaired) electrons. The van der Waals surface area contributed by atoms with Crippen molar-refractivity contribution in [2.45, 2.75) is 44.9 Å². The molecule has 1 saturated heterocycles. The van der Waals surface area contributed by atoms with Crippen molar-refractivity contribution in [3.63, 3.8) is 0 Å². The summed E-state index contributed by atoms with van der Waals surface area (Å²) in [5, 5.41) is 9.02. The van der Waals surface area contributed by atoms with Crippen molar-refractivity contribution in [2.75, 3.05) is 26.7 Å². The van der Waals surface area contributed by atoms with Gasteiger partial charge < -0.3 is 9.47 Å². The van der Waals surface area contributed by atoms with Gasteiger partial charge in [0.15, 0.2) is 5.15 Å². The first kappa shape index (κ1) is 26.0. The van der Waals surface area contributed by atoms with E-state index >= 15 is 0 Å². The number of aryl methyl sites for hydroxylation is 1. The second-order valence-corrected chi connectivity index (χ2v) is 11.0. The molecule has 0 bridgehead atoms. The number of likely N-dealkylation sites (tertiary alicyclic amines) is 1. The Bertz CT molecular complexity index is 1370. The van der Waals surface area contributed by atoms with E-state index in [1.165, 1.54) is 7.11 Å². The van der Waals surface area contributed by atoms with Gasteiger partial charge in [0.2, 0.25) is 5.67 Å². The predicted octanol–water partition coefficient (Wildman–Crippen LogP) is 6.48. The van der Waals surface area contributed by atoms with Crippen LogP contribution in [0.2, 0.25) is 5.15 Å². The molecule has 5 rings (SSSR count). The molecule has 3 aromatic rings. The Kier molecular flexibility index (Phi) is 7.22. The number of nitrogens with zero attached hydrogens (tertiary/aromatic N) is 2. The van der Waals surface area contributed by atoms with Crippen LogP contribution in [0.25, 0.3) is 15.9 Å². The van der Waals surface area contributed by atoms with E-state index < -0.39 is 11.6 Å². The van der Waals surface area contributed by atoms with E-state index in [1.807, 2.05) is 35.2 Å². The van der Waals surface area contributed by atoms with Gasteiger partial charge in [-0.05, 0) is 71.4 Å². The first-order chi connectivity index (χ1) is 17.7. The molecule has 1 fully saturated rings. The first-order valence-electron chi connectivity index (χ1n) is 12.5. The number of carbonyl (C=O) groups is 1. The summed E-state index contributed by atoms with van der Waals surface area (Å²) in [6.45, 7) is 5.31. The maximum absolute atomic E-state index is 14.9. The van der Waals surface area contributed by atoms with Crippen LogP contribution < -0.4 is 4.74 Å². The number of methoxy groups -OCH3 is 1. The number of ether oxygens (including phenoxy) is 2. The van der Waals surface area contributed by atoms with Gasteiger partial charge in [0.1, 0.15) is 11.9 Å². The van der Waals surface area contributed by atoms with Crippen molar-refractivity contribution in [2.24, 2.45) is 5.92 Å². The molecule has 1 N–H and O–H groups in total. The number of alkyl halides is 1. The fourth-order valence-electron chi connectivity index (χ4n) is 5.31. The van der Waals surface area contributed by atoms with Crippen LogP contribution in [0, 0.1) is 5.92 Å². The fraction of sp³-hybridized carbons (Fsp3) is 0.429. The van der Waals surface area contributed by atoms with E-state index in [1.54, 1.807) is 0 Å². The summed E-state index contributed by atoms with van der Waals surface area (Å²) in [5.74, 6) is 0.204. The minimum atomic E-state index is -1.94. The molecule has 0 saturated carbocycles. The third kappa shape index (κ3) is 5.09. The van der Waals surface area contributed by atoms with Gasteiger partial charge in [-0.1, -0.05) is 43.1 Å². The molecule has 2 aromatic carbocycles. The third-order valence-electron chi connectivity index (χ3n) is 7.32. The van der Waals surface area contributed by atoms with Crippen LogP contribution in [0.4, 0.5) is 4.39 Å². The number of carbonyl (C=O) groups excluding carboxylic acids is 1. The molecule has 2 aliphatic rings. The molecule has 6 nitrogen and oxygen atoms in total. The zero-order valence-corrected chi connectivity index (χ0v) is 22.6. The van der Waals surface area contributed by atoms with Gasteiger partial charge in [0.25, 0.3) is 0 Å². The van der Waals surface area contributed by atoms with Gasteiger partial charge in [-0.2, -0.15) is 5.10 Å². The number of esters is 1. The maximum atomic E-state index is 14.9. The van der Waals surface area contributed by atoms with Gasteiger partial charge >= 0.3 is 5.97 Å². The van der Waals surface area contributed by atoms with Crippen LogP contribution in [0.5, 0.6) is 5.75 Å². The van der Waals surface area contributed by atoms with Crippen LogP contribution >= 0.6 is 23.2 Å². The summed E-state index contributed by atoms with van der Waals surface area (Å²) in [6, 6.07) is 12.0. The molecule has 1 aliphatic heterocycles. The van der Waals surface area contributed by atoms with Crippen molar-refractivity contribution in [3.8, 4) is 5.75 Å². The Morgan fingerprint density at radius 3 is 2.78 bits per heavy atom. The average molecular weight is 546 g/mol. The smallest absolute Gasteiger partial charge is 0.345 e. The number of aromatic nitrogens is 2. The van der Waals surface area contributed by atoms with Gasteiger partial charge in [-0.15, -0.1) is 0 Å². The normalized spacial score (nSPS) is 20.9. The molecule has 9 heteroatoms. The molecule has 196 valence electrons. The van der Waals surface area contributed by atoms with E-state index in [0.29, 0.717) is 23.3 Å². The summed E-state index contributed by atoms with van der Waals surface area (Å²) in [6.07, 6.45) is 1.56. The lowest BCUT2D eigenvalue weighted by Gasteiger charge is -2.26. The van der Waals surface area contributed by atoms with E-state index in [4.69, 9.17) is 27.9 Å². The van der Waals surface area contributed by atoms with Crippen molar-refractivity contribution in [3.05, 3.63) is 63.8 Å². The number of hydrogen-bond donors (Lipinski definition) is 1. The number of aromatic amines is 1. The standard InChI is InChI=1S/C28H30Cl2FN3O3/c1-16(2)25(18-6-9-23-22(13-18)26(30)33-32-23)37-20-7-8-21-17(12-20)4-5-19(24(21)29)14-34-11-10-28(31,15-34)27(35)36-3/h6-9,12-13,16,25H,4-5,10-11,14-15H2,1-3H3,(H,32,33). The topological polar surface area (TPSA) is 67.4 Å². The van der Waals surface area contributed by atoms with E-state index in [0.717, 1.165) is 51.8 Å². The number of benzene rings is 2. The quantitative estimate of drug-likeness (QED) is 0.344. The molecule has 37 heavy (non-hydrogen) atoms. The van der Waals surface area contributed by atoms with Crippen LogP contribution in [-0.4, -0.2) is 53.5 Å². The van der Waals surface area contributed by atoms with Gasteiger partial charge in [-0.25, -0.2) is 9.18 Å². The fourth-order valence-corrected chi connectivity index (χ4v) is 5.85. The SMILES string of the molecule is COC(=O)C1(F)CCN(CC2=C(Cl)c3ccc(OC(c4ccc5[nH]nc(Cl)c5c4)C(C)C)cc3CC2)C1. The highest BCUT2D eigenvalue weighted by atomic mass is 35.5. The number of nitrogens with one attached hydrogen (secondary N) is 1. The number of hydrogen-bond acceptors (Lipinski definition) is 5. The Morgan fingerprint density at radius 2 is 2.03 bits per heavy atom. The van der Waals surface area contributed by atoms with Crippen LogP contribution in [-0.2, 0) is 16.0 Å². The maximum Gasteiger partial charge on any atom is 0.345 e. The Morgan fingerprint density at radius 1 is 1.22 bits per heavy atom. The summed E-state index contributed by atoms with van der Waals surface area (Å²) >= 11 is 13.1. The number of rotatable bonds is 7. The number of H-pyrrole nitrogens is 1. The Labute approximate surface area is 225 Å². The highest BCUT2D eigenvalue weighted by Gasteiger charge is 2.46. The lowest BCUT2D eigenvalue weighted by molar-refractivity contribution is -0.153.